The molecule has 6 heteroatoms. The average molecular weight is 490 g/mol. The van der Waals surface area contributed by atoms with Gasteiger partial charge in [-0.1, -0.05) is 38.1 Å². The molecular weight excluding hydrogens is 457 g/mol. The van der Waals surface area contributed by atoms with Gasteiger partial charge in [-0.05, 0) is 78.8 Å². The lowest BCUT2D eigenvalue weighted by molar-refractivity contribution is -0.120. The van der Waals surface area contributed by atoms with Gasteiger partial charge in [0.15, 0.2) is 0 Å². The number of fused-ring (bicyclic) bond motifs is 2. The molecule has 1 fully saturated rings. The molecule has 35 heavy (non-hydrogen) atoms. The van der Waals surface area contributed by atoms with Gasteiger partial charge in [-0.15, -0.1) is 11.8 Å². The standard InChI is InChI=1S/C29H32FN3OS/c1-19(2)17-33-18-25(35-24-13-10-22(30)11-14-24)16-28(33)29(34)31-23-12-9-21-8-7-20-5-3-4-6-26(20)32-27(21)15-23/h3-6,9-15,19,25,28,32H,7-8,16-18H2,1-2H3,(H,31,34)/t25-,28+/m1/s1. The number of anilines is 3. The monoisotopic (exact) mass is 489 g/mol. The third kappa shape index (κ3) is 5.71. The normalized spacial score (nSPS) is 19.5. The molecule has 2 heterocycles. The highest BCUT2D eigenvalue weighted by Crippen LogP contribution is 2.35. The molecule has 2 N–H and O–H groups in total. The highest BCUT2D eigenvalue weighted by atomic mass is 32.2. The molecule has 0 saturated carbocycles. The number of aryl methyl sites for hydroxylation is 2. The Morgan fingerprint density at radius 2 is 1.80 bits per heavy atom. The molecule has 1 saturated heterocycles. The Bertz CT molecular complexity index is 1200. The highest BCUT2D eigenvalue weighted by molar-refractivity contribution is 8.00. The van der Waals surface area contributed by atoms with E-state index in [4.69, 9.17) is 0 Å². The SMILES string of the molecule is CC(C)CN1C[C@H](Sc2ccc(F)cc2)C[C@H]1C(=O)Nc1ccc2c(c1)Nc1ccccc1CC2. The van der Waals surface area contributed by atoms with Crippen LogP contribution in [0.2, 0.25) is 0 Å². The van der Waals surface area contributed by atoms with Gasteiger partial charge >= 0.3 is 0 Å². The highest BCUT2D eigenvalue weighted by Gasteiger charge is 2.37. The van der Waals surface area contributed by atoms with Crippen LogP contribution in [-0.4, -0.2) is 35.2 Å². The van der Waals surface area contributed by atoms with Gasteiger partial charge in [0.1, 0.15) is 5.82 Å². The summed E-state index contributed by atoms with van der Waals surface area (Å²) in [5.74, 6) is 0.289. The summed E-state index contributed by atoms with van der Waals surface area (Å²) in [6, 6.07) is 21.1. The smallest absolute Gasteiger partial charge is 0.241 e. The predicted octanol–water partition coefficient (Wildman–Crippen LogP) is 6.50. The maximum Gasteiger partial charge on any atom is 0.241 e. The number of likely N-dealkylation sites (tertiary alicyclic amines) is 1. The van der Waals surface area contributed by atoms with Crippen molar-refractivity contribution in [1.29, 1.82) is 0 Å². The molecule has 1 amide bonds. The van der Waals surface area contributed by atoms with Gasteiger partial charge in [0.2, 0.25) is 5.91 Å². The number of carbonyl (C=O) groups is 1. The summed E-state index contributed by atoms with van der Waals surface area (Å²) < 4.78 is 13.3. The molecule has 0 aliphatic carbocycles. The van der Waals surface area contributed by atoms with Crippen molar-refractivity contribution < 1.29 is 9.18 Å². The van der Waals surface area contributed by atoms with E-state index in [-0.39, 0.29) is 17.8 Å². The second-order valence-electron chi connectivity index (χ2n) is 9.94. The fourth-order valence-electron chi connectivity index (χ4n) is 5.08. The first-order valence-corrected chi connectivity index (χ1v) is 13.3. The van der Waals surface area contributed by atoms with Gasteiger partial charge in [0.05, 0.1) is 6.04 Å². The molecule has 2 aliphatic rings. The molecule has 3 aromatic carbocycles. The summed E-state index contributed by atoms with van der Waals surface area (Å²) in [6.45, 7) is 6.10. The molecule has 4 nitrogen and oxygen atoms in total. The van der Waals surface area contributed by atoms with Crippen LogP contribution in [0.15, 0.2) is 71.6 Å². The van der Waals surface area contributed by atoms with E-state index >= 15 is 0 Å². The van der Waals surface area contributed by atoms with Gasteiger partial charge in [0.25, 0.3) is 0 Å². The van der Waals surface area contributed by atoms with E-state index in [1.807, 2.05) is 24.3 Å². The number of carbonyl (C=O) groups excluding carboxylic acids is 1. The number of thioether (sulfide) groups is 1. The lowest BCUT2D eigenvalue weighted by Gasteiger charge is -2.25. The molecule has 5 rings (SSSR count). The van der Waals surface area contributed by atoms with Crippen molar-refractivity contribution in [3.05, 3.63) is 83.7 Å². The van der Waals surface area contributed by atoms with Crippen molar-refractivity contribution in [1.82, 2.24) is 4.90 Å². The van der Waals surface area contributed by atoms with Crippen LogP contribution in [0, 0.1) is 11.7 Å². The van der Waals surface area contributed by atoms with Gasteiger partial charge in [-0.2, -0.15) is 0 Å². The van der Waals surface area contributed by atoms with E-state index in [0.717, 1.165) is 54.3 Å². The molecule has 3 aromatic rings. The lowest BCUT2D eigenvalue weighted by Crippen LogP contribution is -2.41. The zero-order chi connectivity index (χ0) is 24.4. The molecular formula is C29H32FN3OS. The zero-order valence-corrected chi connectivity index (χ0v) is 21.1. The van der Waals surface area contributed by atoms with Crippen LogP contribution in [0.25, 0.3) is 0 Å². The number of nitrogens with zero attached hydrogens (tertiary/aromatic N) is 1. The zero-order valence-electron chi connectivity index (χ0n) is 20.3. The number of halogens is 1. The first-order chi connectivity index (χ1) is 16.9. The molecule has 0 radical (unpaired) electrons. The van der Waals surface area contributed by atoms with Gasteiger partial charge in [0, 0.05) is 40.3 Å². The van der Waals surface area contributed by atoms with Crippen molar-refractivity contribution in [2.24, 2.45) is 5.92 Å². The minimum atomic E-state index is -0.224. The Balaban J connectivity index is 1.29. The molecule has 0 spiro atoms. The van der Waals surface area contributed by atoms with E-state index in [2.05, 4.69) is 59.7 Å². The summed E-state index contributed by atoms with van der Waals surface area (Å²) in [7, 11) is 0. The molecule has 0 unspecified atom stereocenters. The number of benzene rings is 3. The third-order valence-corrected chi connectivity index (χ3v) is 7.93. The second kappa shape index (κ2) is 10.4. The summed E-state index contributed by atoms with van der Waals surface area (Å²) in [5.41, 5.74) is 5.59. The van der Waals surface area contributed by atoms with Crippen LogP contribution < -0.4 is 10.6 Å². The molecule has 0 aromatic heterocycles. The lowest BCUT2D eigenvalue weighted by atomic mass is 10.0. The van der Waals surface area contributed by atoms with E-state index in [1.165, 1.54) is 23.3 Å². The minimum absolute atomic E-state index is 0.0434. The number of rotatable bonds is 6. The largest absolute Gasteiger partial charge is 0.355 e. The van der Waals surface area contributed by atoms with E-state index in [9.17, 15) is 9.18 Å². The van der Waals surface area contributed by atoms with Crippen LogP contribution >= 0.6 is 11.8 Å². The second-order valence-corrected chi connectivity index (χ2v) is 11.3. The fraction of sp³-hybridized carbons (Fsp3) is 0.345. The van der Waals surface area contributed by atoms with Gasteiger partial charge in [-0.3, -0.25) is 9.69 Å². The Hall–Kier alpha value is -2.83. The number of hydrogen-bond donors (Lipinski definition) is 2. The Morgan fingerprint density at radius 1 is 1.06 bits per heavy atom. The van der Waals surface area contributed by atoms with E-state index in [1.54, 1.807) is 11.8 Å². The Morgan fingerprint density at radius 3 is 2.57 bits per heavy atom. The molecule has 182 valence electrons. The van der Waals surface area contributed by atoms with Crippen LogP contribution in [-0.2, 0) is 17.6 Å². The van der Waals surface area contributed by atoms with Gasteiger partial charge in [-0.25, -0.2) is 4.39 Å². The molecule has 2 atom stereocenters. The first kappa shape index (κ1) is 23.9. The topological polar surface area (TPSA) is 44.4 Å². The maximum atomic E-state index is 13.5. The quantitative estimate of drug-likeness (QED) is 0.415. The predicted molar refractivity (Wildman–Crippen MR) is 143 cm³/mol. The van der Waals surface area contributed by atoms with Gasteiger partial charge < -0.3 is 10.6 Å². The van der Waals surface area contributed by atoms with E-state index in [0.29, 0.717) is 11.2 Å². The molecule has 0 bridgehead atoms. The maximum absolute atomic E-state index is 13.5. The van der Waals surface area contributed by atoms with Crippen molar-refractivity contribution >= 4 is 34.7 Å². The first-order valence-electron chi connectivity index (χ1n) is 12.4. The van der Waals surface area contributed by atoms with Crippen molar-refractivity contribution in [2.75, 3.05) is 23.7 Å². The number of amides is 1. The molecule has 2 aliphatic heterocycles. The summed E-state index contributed by atoms with van der Waals surface area (Å²) in [5, 5.41) is 7.05. The minimum Gasteiger partial charge on any atom is -0.355 e. The van der Waals surface area contributed by atoms with Crippen molar-refractivity contribution in [3.8, 4) is 0 Å². The fourth-order valence-corrected chi connectivity index (χ4v) is 6.31. The number of nitrogens with one attached hydrogen (secondary N) is 2. The number of para-hydroxylation sites is 1. The van der Waals surface area contributed by atoms with Crippen LogP contribution in [0.1, 0.15) is 31.4 Å². The average Bonchev–Trinajstić information content (AvgIpc) is 3.12. The third-order valence-electron chi connectivity index (χ3n) is 6.71. The Kier molecular flexibility index (Phi) is 7.12. The summed E-state index contributed by atoms with van der Waals surface area (Å²) >= 11 is 1.73. The summed E-state index contributed by atoms with van der Waals surface area (Å²) in [4.78, 5) is 16.8. The van der Waals surface area contributed by atoms with Crippen molar-refractivity contribution in [3.63, 3.8) is 0 Å². The van der Waals surface area contributed by atoms with Crippen LogP contribution in [0.4, 0.5) is 21.5 Å². The van der Waals surface area contributed by atoms with E-state index < -0.39 is 0 Å². The van der Waals surface area contributed by atoms with Crippen LogP contribution in [0.3, 0.4) is 0 Å². The number of hydrogen-bond acceptors (Lipinski definition) is 4. The van der Waals surface area contributed by atoms with Crippen molar-refractivity contribution in [2.45, 2.75) is 49.3 Å². The van der Waals surface area contributed by atoms with Crippen LogP contribution in [0.5, 0.6) is 0 Å². The summed E-state index contributed by atoms with van der Waals surface area (Å²) in [6.07, 6.45) is 2.75. The Labute approximate surface area is 211 Å².